The minimum atomic E-state index is -0.124. The summed E-state index contributed by atoms with van der Waals surface area (Å²) in [5, 5.41) is 10.7. The number of nitrogens with two attached hydrogens (primary N) is 1. The van der Waals surface area contributed by atoms with E-state index in [1.54, 1.807) is 11.3 Å². The fraction of sp³-hybridized carbons (Fsp3) is 0.429. The van der Waals surface area contributed by atoms with Crippen LogP contribution in [0.3, 0.4) is 0 Å². The quantitative estimate of drug-likeness (QED) is 0.832. The van der Waals surface area contributed by atoms with Crippen molar-refractivity contribution in [1.82, 2.24) is 0 Å². The summed E-state index contributed by atoms with van der Waals surface area (Å²) in [6.45, 7) is 0.0511. The summed E-state index contributed by atoms with van der Waals surface area (Å²) in [4.78, 5) is 1.21. The van der Waals surface area contributed by atoms with E-state index in [2.05, 4.69) is 15.9 Å². The average molecular weight is 236 g/mol. The van der Waals surface area contributed by atoms with Gasteiger partial charge in [0.25, 0.3) is 0 Å². The van der Waals surface area contributed by atoms with E-state index in [4.69, 9.17) is 10.8 Å². The number of aliphatic hydroxyl groups is 1. The van der Waals surface area contributed by atoms with Crippen molar-refractivity contribution in [2.75, 3.05) is 6.61 Å². The summed E-state index contributed by atoms with van der Waals surface area (Å²) in [7, 11) is 0. The summed E-state index contributed by atoms with van der Waals surface area (Å²) in [6, 6.07) is 1.90. The van der Waals surface area contributed by atoms with Gasteiger partial charge in [-0.15, -0.1) is 11.3 Å². The SMILES string of the molecule is NC(CO)Cc1cc(Br)cs1. The van der Waals surface area contributed by atoms with Crippen LogP contribution in [0.4, 0.5) is 0 Å². The van der Waals surface area contributed by atoms with Gasteiger partial charge in [0.1, 0.15) is 0 Å². The second kappa shape index (κ2) is 4.21. The first-order valence-electron chi connectivity index (χ1n) is 3.31. The summed E-state index contributed by atoms with van der Waals surface area (Å²) >= 11 is 5.01. The van der Waals surface area contributed by atoms with Gasteiger partial charge >= 0.3 is 0 Å². The number of rotatable bonds is 3. The van der Waals surface area contributed by atoms with Gasteiger partial charge in [0, 0.05) is 20.8 Å². The third-order valence-corrected chi connectivity index (χ3v) is 3.04. The van der Waals surface area contributed by atoms with Crippen molar-refractivity contribution in [2.45, 2.75) is 12.5 Å². The van der Waals surface area contributed by atoms with E-state index in [9.17, 15) is 0 Å². The first-order valence-corrected chi connectivity index (χ1v) is 4.99. The summed E-state index contributed by atoms with van der Waals surface area (Å²) in [5.74, 6) is 0. The van der Waals surface area contributed by atoms with Gasteiger partial charge in [0.2, 0.25) is 0 Å². The van der Waals surface area contributed by atoms with Crippen molar-refractivity contribution < 1.29 is 5.11 Å². The lowest BCUT2D eigenvalue weighted by molar-refractivity contribution is 0.265. The fourth-order valence-electron chi connectivity index (χ4n) is 0.784. The van der Waals surface area contributed by atoms with E-state index in [1.807, 2.05) is 11.4 Å². The van der Waals surface area contributed by atoms with Gasteiger partial charge in [-0.3, -0.25) is 0 Å². The molecule has 2 nitrogen and oxygen atoms in total. The maximum Gasteiger partial charge on any atom is 0.0586 e. The van der Waals surface area contributed by atoms with Crippen LogP contribution in [-0.2, 0) is 6.42 Å². The molecule has 0 aliphatic rings. The van der Waals surface area contributed by atoms with Crippen LogP contribution in [0.1, 0.15) is 4.88 Å². The molecule has 0 spiro atoms. The number of hydrogen-bond donors (Lipinski definition) is 2. The maximum absolute atomic E-state index is 8.67. The monoisotopic (exact) mass is 235 g/mol. The lowest BCUT2D eigenvalue weighted by atomic mass is 10.2. The van der Waals surface area contributed by atoms with Gasteiger partial charge in [-0.1, -0.05) is 0 Å². The highest BCUT2D eigenvalue weighted by Gasteiger charge is 2.03. The molecule has 1 aromatic rings. The highest BCUT2D eigenvalue weighted by molar-refractivity contribution is 9.10. The van der Waals surface area contributed by atoms with Gasteiger partial charge < -0.3 is 10.8 Å². The zero-order chi connectivity index (χ0) is 8.27. The molecule has 0 aliphatic heterocycles. The number of hydrogen-bond acceptors (Lipinski definition) is 3. The van der Waals surface area contributed by atoms with Crippen molar-refractivity contribution in [2.24, 2.45) is 5.73 Å². The second-order valence-electron chi connectivity index (χ2n) is 2.38. The Kier molecular flexibility index (Phi) is 3.51. The second-order valence-corrected chi connectivity index (χ2v) is 4.29. The Morgan fingerprint density at radius 1 is 1.73 bits per heavy atom. The Morgan fingerprint density at radius 2 is 2.45 bits per heavy atom. The molecule has 0 aromatic carbocycles. The Bertz CT molecular complexity index is 226. The van der Waals surface area contributed by atoms with Crippen LogP contribution in [0.5, 0.6) is 0 Å². The zero-order valence-electron chi connectivity index (χ0n) is 5.96. The number of thiophene rings is 1. The van der Waals surface area contributed by atoms with Crippen molar-refractivity contribution in [3.05, 3.63) is 20.8 Å². The van der Waals surface area contributed by atoms with E-state index in [1.165, 1.54) is 4.88 Å². The van der Waals surface area contributed by atoms with Crippen molar-refractivity contribution in [3.8, 4) is 0 Å². The highest BCUT2D eigenvalue weighted by atomic mass is 79.9. The number of halogens is 1. The molecule has 0 amide bonds. The van der Waals surface area contributed by atoms with Crippen molar-refractivity contribution in [3.63, 3.8) is 0 Å². The molecule has 3 N–H and O–H groups in total. The molecule has 0 bridgehead atoms. The van der Waals surface area contributed by atoms with Gasteiger partial charge in [0.05, 0.1) is 6.61 Å². The molecule has 0 fully saturated rings. The molecule has 1 unspecified atom stereocenters. The van der Waals surface area contributed by atoms with Crippen molar-refractivity contribution in [1.29, 1.82) is 0 Å². The molecule has 0 saturated carbocycles. The lowest BCUT2D eigenvalue weighted by Crippen LogP contribution is -2.26. The fourth-order valence-corrected chi connectivity index (χ4v) is 2.33. The van der Waals surface area contributed by atoms with Crippen LogP contribution in [0.25, 0.3) is 0 Å². The average Bonchev–Trinajstić information content (AvgIpc) is 2.35. The molecule has 1 rings (SSSR count). The van der Waals surface area contributed by atoms with E-state index in [0.29, 0.717) is 0 Å². The summed E-state index contributed by atoms with van der Waals surface area (Å²) in [5.41, 5.74) is 5.56. The third kappa shape index (κ3) is 2.91. The van der Waals surface area contributed by atoms with Crippen molar-refractivity contribution >= 4 is 27.3 Å². The van der Waals surface area contributed by atoms with Crippen LogP contribution in [0, 0.1) is 0 Å². The predicted octanol–water partition coefficient (Wildman–Crippen LogP) is 1.37. The normalized spacial score (nSPS) is 13.4. The van der Waals surface area contributed by atoms with Crippen LogP contribution in [0.15, 0.2) is 15.9 Å². The molecule has 0 radical (unpaired) electrons. The van der Waals surface area contributed by atoms with E-state index in [0.717, 1.165) is 10.9 Å². The minimum absolute atomic E-state index is 0.0511. The van der Waals surface area contributed by atoms with Crippen LogP contribution in [-0.4, -0.2) is 17.8 Å². The highest BCUT2D eigenvalue weighted by Crippen LogP contribution is 2.20. The Labute approximate surface area is 78.2 Å². The maximum atomic E-state index is 8.67. The van der Waals surface area contributed by atoms with Crippen LogP contribution >= 0.6 is 27.3 Å². The smallest absolute Gasteiger partial charge is 0.0586 e. The molecule has 1 aromatic heterocycles. The summed E-state index contributed by atoms with van der Waals surface area (Å²) < 4.78 is 1.09. The molecule has 4 heteroatoms. The molecule has 0 aliphatic carbocycles. The topological polar surface area (TPSA) is 46.2 Å². The zero-order valence-corrected chi connectivity index (χ0v) is 8.36. The van der Waals surface area contributed by atoms with E-state index < -0.39 is 0 Å². The minimum Gasteiger partial charge on any atom is -0.395 e. The lowest BCUT2D eigenvalue weighted by Gasteiger charge is -2.03. The Balaban J connectivity index is 2.50. The van der Waals surface area contributed by atoms with Gasteiger partial charge in [-0.25, -0.2) is 0 Å². The van der Waals surface area contributed by atoms with Gasteiger partial charge in [-0.2, -0.15) is 0 Å². The van der Waals surface area contributed by atoms with Gasteiger partial charge in [0.15, 0.2) is 0 Å². The Morgan fingerprint density at radius 3 is 2.91 bits per heavy atom. The standard InChI is InChI=1S/C7H10BrNOS/c8-5-1-7(11-4-5)2-6(9)3-10/h1,4,6,10H,2-3,9H2. The third-order valence-electron chi connectivity index (χ3n) is 1.32. The van der Waals surface area contributed by atoms with Gasteiger partial charge in [-0.05, 0) is 28.4 Å². The summed E-state index contributed by atoms with van der Waals surface area (Å²) in [6.07, 6.45) is 0.757. The molecule has 1 heterocycles. The number of aliphatic hydroxyl groups excluding tert-OH is 1. The first kappa shape index (κ1) is 9.19. The molecular formula is C7H10BrNOS. The van der Waals surface area contributed by atoms with E-state index >= 15 is 0 Å². The van der Waals surface area contributed by atoms with Crippen LogP contribution < -0.4 is 5.73 Å². The van der Waals surface area contributed by atoms with E-state index in [-0.39, 0.29) is 12.6 Å². The molecule has 62 valence electrons. The first-order chi connectivity index (χ1) is 5.22. The predicted molar refractivity (Wildman–Crippen MR) is 50.8 cm³/mol. The Hall–Kier alpha value is 0.1000. The molecular weight excluding hydrogens is 226 g/mol. The molecule has 11 heavy (non-hydrogen) atoms. The largest absolute Gasteiger partial charge is 0.395 e. The van der Waals surface area contributed by atoms with Crippen LogP contribution in [0.2, 0.25) is 0 Å². The molecule has 0 saturated heterocycles. The molecule has 1 atom stereocenters.